The van der Waals surface area contributed by atoms with Crippen molar-refractivity contribution < 1.29 is 0 Å². The SMILES string of the molecule is CC(I)C(C)I. The molecule has 0 aliphatic carbocycles. The first-order valence-corrected chi connectivity index (χ1v) is 4.42. The summed E-state index contributed by atoms with van der Waals surface area (Å²) in [5.41, 5.74) is 0. The number of halogens is 2. The zero-order chi connectivity index (χ0) is 5.15. The van der Waals surface area contributed by atoms with Crippen LogP contribution in [0.3, 0.4) is 0 Å². The van der Waals surface area contributed by atoms with E-state index in [1.807, 2.05) is 0 Å². The van der Waals surface area contributed by atoms with Crippen LogP contribution in [0.25, 0.3) is 0 Å². The van der Waals surface area contributed by atoms with Gasteiger partial charge >= 0.3 is 0 Å². The van der Waals surface area contributed by atoms with Crippen LogP contribution < -0.4 is 0 Å². The molecular weight excluding hydrogens is 302 g/mol. The van der Waals surface area contributed by atoms with Gasteiger partial charge in [-0.1, -0.05) is 59.0 Å². The van der Waals surface area contributed by atoms with Crippen LogP contribution in [0.5, 0.6) is 0 Å². The van der Waals surface area contributed by atoms with Crippen molar-refractivity contribution in [1.82, 2.24) is 0 Å². The Kier molecular flexibility index (Phi) is 4.30. The third kappa shape index (κ3) is 3.64. The molecule has 0 rings (SSSR count). The van der Waals surface area contributed by atoms with Crippen molar-refractivity contribution in [1.29, 1.82) is 0 Å². The van der Waals surface area contributed by atoms with E-state index in [1.165, 1.54) is 0 Å². The van der Waals surface area contributed by atoms with E-state index in [2.05, 4.69) is 59.0 Å². The molecule has 6 heavy (non-hydrogen) atoms. The standard InChI is InChI=1S/C4H8I2/c1-3(5)4(2)6/h3-4H,1-2H3. The molecule has 0 radical (unpaired) electrons. The predicted octanol–water partition coefficient (Wildman–Crippen LogP) is 2.63. The van der Waals surface area contributed by atoms with Gasteiger partial charge in [-0.25, -0.2) is 0 Å². The Labute approximate surface area is 66.4 Å². The fourth-order valence-corrected chi connectivity index (χ4v) is 0. The Balaban J connectivity index is 2.99. The number of alkyl halides is 2. The van der Waals surface area contributed by atoms with Crippen LogP contribution in [0, 0.1) is 0 Å². The van der Waals surface area contributed by atoms with Gasteiger partial charge in [0.2, 0.25) is 0 Å². The van der Waals surface area contributed by atoms with Gasteiger partial charge in [-0.2, -0.15) is 0 Å². The van der Waals surface area contributed by atoms with E-state index < -0.39 is 0 Å². The largest absolute Gasteiger partial charge is 0.0818 e. The average molecular weight is 310 g/mol. The molecule has 2 unspecified atom stereocenters. The molecule has 0 heterocycles. The smallest absolute Gasteiger partial charge is 0.0196 e. The number of rotatable bonds is 1. The van der Waals surface area contributed by atoms with Gasteiger partial charge in [0.05, 0.1) is 0 Å². The normalized spacial score (nSPS) is 20.0. The Hall–Kier alpha value is 1.46. The molecule has 0 aromatic rings. The predicted molar refractivity (Wildman–Crippen MR) is 47.0 cm³/mol. The lowest BCUT2D eigenvalue weighted by atomic mass is 10.4. The first-order valence-electron chi connectivity index (χ1n) is 1.92. The van der Waals surface area contributed by atoms with Gasteiger partial charge < -0.3 is 0 Å². The van der Waals surface area contributed by atoms with Gasteiger partial charge in [-0.3, -0.25) is 0 Å². The van der Waals surface area contributed by atoms with Crippen molar-refractivity contribution in [3.63, 3.8) is 0 Å². The van der Waals surface area contributed by atoms with E-state index in [0.717, 1.165) is 7.85 Å². The second-order valence-corrected chi connectivity index (χ2v) is 5.28. The Morgan fingerprint density at radius 3 is 1.17 bits per heavy atom. The van der Waals surface area contributed by atoms with Gasteiger partial charge in [-0.15, -0.1) is 0 Å². The second-order valence-electron chi connectivity index (χ2n) is 1.36. The summed E-state index contributed by atoms with van der Waals surface area (Å²) in [6.45, 7) is 4.44. The topological polar surface area (TPSA) is 0 Å². The van der Waals surface area contributed by atoms with Crippen molar-refractivity contribution >= 4 is 45.2 Å². The first-order chi connectivity index (χ1) is 2.64. The lowest BCUT2D eigenvalue weighted by molar-refractivity contribution is 0.993. The molecule has 0 aliphatic heterocycles. The molecule has 0 saturated carbocycles. The summed E-state index contributed by atoms with van der Waals surface area (Å²) in [5, 5.41) is 0. The molecule has 0 spiro atoms. The van der Waals surface area contributed by atoms with E-state index in [1.54, 1.807) is 0 Å². The Morgan fingerprint density at radius 1 is 1.00 bits per heavy atom. The highest BCUT2D eigenvalue weighted by atomic mass is 127. The average Bonchev–Trinajstić information content (AvgIpc) is 1.36. The zero-order valence-electron chi connectivity index (χ0n) is 3.91. The Morgan fingerprint density at radius 2 is 1.17 bits per heavy atom. The van der Waals surface area contributed by atoms with E-state index in [0.29, 0.717) is 0 Å². The maximum absolute atomic E-state index is 2.42. The van der Waals surface area contributed by atoms with E-state index in [-0.39, 0.29) is 0 Å². The van der Waals surface area contributed by atoms with Crippen molar-refractivity contribution in [2.75, 3.05) is 0 Å². The number of hydrogen-bond donors (Lipinski definition) is 0. The van der Waals surface area contributed by atoms with Crippen LogP contribution in [0.1, 0.15) is 13.8 Å². The summed E-state index contributed by atoms with van der Waals surface area (Å²) in [6, 6.07) is 0. The molecule has 0 N–H and O–H groups in total. The minimum Gasteiger partial charge on any atom is -0.0818 e. The molecule has 0 bridgehead atoms. The minimum atomic E-state index is 0.809. The number of hydrogen-bond acceptors (Lipinski definition) is 0. The highest BCUT2D eigenvalue weighted by Crippen LogP contribution is 2.12. The first kappa shape index (κ1) is 7.46. The fraction of sp³-hybridized carbons (Fsp3) is 1.00. The van der Waals surface area contributed by atoms with Gasteiger partial charge in [-0.05, 0) is 0 Å². The van der Waals surface area contributed by atoms with Crippen LogP contribution in [-0.4, -0.2) is 7.85 Å². The van der Waals surface area contributed by atoms with Crippen LogP contribution in [0.15, 0.2) is 0 Å². The van der Waals surface area contributed by atoms with Crippen molar-refractivity contribution in [2.24, 2.45) is 0 Å². The monoisotopic (exact) mass is 310 g/mol. The molecule has 0 aromatic carbocycles. The minimum absolute atomic E-state index is 0.809. The molecular formula is C4H8I2. The molecule has 0 saturated heterocycles. The summed E-state index contributed by atoms with van der Waals surface area (Å²) < 4.78 is 1.62. The summed E-state index contributed by atoms with van der Waals surface area (Å²) in [6.07, 6.45) is 0. The van der Waals surface area contributed by atoms with Crippen LogP contribution in [0.4, 0.5) is 0 Å². The van der Waals surface area contributed by atoms with Gasteiger partial charge in [0, 0.05) is 7.85 Å². The third-order valence-corrected chi connectivity index (χ3v) is 4.17. The van der Waals surface area contributed by atoms with E-state index in [4.69, 9.17) is 0 Å². The highest BCUT2D eigenvalue weighted by Gasteiger charge is 1.99. The second kappa shape index (κ2) is 3.46. The van der Waals surface area contributed by atoms with E-state index >= 15 is 0 Å². The summed E-state index contributed by atoms with van der Waals surface area (Å²) >= 11 is 4.85. The maximum atomic E-state index is 2.42. The van der Waals surface area contributed by atoms with Gasteiger partial charge in [0.15, 0.2) is 0 Å². The van der Waals surface area contributed by atoms with Crippen molar-refractivity contribution in [3.8, 4) is 0 Å². The molecule has 38 valence electrons. The quantitative estimate of drug-likeness (QED) is 0.516. The van der Waals surface area contributed by atoms with E-state index in [9.17, 15) is 0 Å². The van der Waals surface area contributed by atoms with Crippen molar-refractivity contribution in [2.45, 2.75) is 21.7 Å². The van der Waals surface area contributed by atoms with Crippen LogP contribution >= 0.6 is 45.2 Å². The lowest BCUT2D eigenvalue weighted by Gasteiger charge is -2.01. The van der Waals surface area contributed by atoms with Crippen molar-refractivity contribution in [3.05, 3.63) is 0 Å². The summed E-state index contributed by atoms with van der Waals surface area (Å²) in [7, 11) is 0. The Bertz CT molecular complexity index is 26.5. The molecule has 0 fully saturated rings. The highest BCUT2D eigenvalue weighted by molar-refractivity contribution is 14.1. The molecule has 2 atom stereocenters. The fourth-order valence-electron chi connectivity index (χ4n) is 0. The molecule has 0 amide bonds. The zero-order valence-corrected chi connectivity index (χ0v) is 8.23. The molecule has 2 heteroatoms. The molecule has 0 aromatic heterocycles. The van der Waals surface area contributed by atoms with Gasteiger partial charge in [0.1, 0.15) is 0 Å². The molecule has 0 aliphatic rings. The maximum Gasteiger partial charge on any atom is 0.0196 e. The lowest BCUT2D eigenvalue weighted by Crippen LogP contribution is -2.01. The third-order valence-electron chi connectivity index (χ3n) is 0.633. The van der Waals surface area contributed by atoms with Crippen LogP contribution in [0.2, 0.25) is 0 Å². The molecule has 0 nitrogen and oxygen atoms in total. The summed E-state index contributed by atoms with van der Waals surface area (Å²) in [5.74, 6) is 0. The summed E-state index contributed by atoms with van der Waals surface area (Å²) in [4.78, 5) is 0. The van der Waals surface area contributed by atoms with Crippen LogP contribution in [-0.2, 0) is 0 Å². The van der Waals surface area contributed by atoms with Gasteiger partial charge in [0.25, 0.3) is 0 Å².